The number of alkyl halides is 2. The van der Waals surface area contributed by atoms with Crippen molar-refractivity contribution in [2.75, 3.05) is 13.2 Å². The van der Waals surface area contributed by atoms with Crippen molar-refractivity contribution in [2.45, 2.75) is 63.6 Å². The Morgan fingerprint density at radius 1 is 1.15 bits per heavy atom. The van der Waals surface area contributed by atoms with Crippen LogP contribution in [0.3, 0.4) is 0 Å². The summed E-state index contributed by atoms with van der Waals surface area (Å²) in [5, 5.41) is 0. The first-order valence-corrected chi connectivity index (χ1v) is 7.59. The summed E-state index contributed by atoms with van der Waals surface area (Å²) in [5.41, 5.74) is 0.0744. The first kappa shape index (κ1) is 14.3. The van der Waals surface area contributed by atoms with Gasteiger partial charge in [-0.2, -0.15) is 8.78 Å². The Morgan fingerprint density at radius 3 is 2.55 bits per heavy atom. The quantitative estimate of drug-likeness (QED) is 0.719. The van der Waals surface area contributed by atoms with Crippen molar-refractivity contribution in [1.82, 2.24) is 0 Å². The van der Waals surface area contributed by atoms with Gasteiger partial charge in [0, 0.05) is 30.6 Å². The van der Waals surface area contributed by atoms with Crippen LogP contribution in [0.5, 0.6) is 0 Å². The van der Waals surface area contributed by atoms with E-state index in [1.165, 1.54) is 0 Å². The smallest absolute Gasteiger partial charge is 0.311 e. The SMILES string of the molecule is CC12CCC(CC3CCCCC#CC3(F)F)(OC1)OC2. The molecule has 4 heteroatoms. The van der Waals surface area contributed by atoms with Crippen molar-refractivity contribution in [3.63, 3.8) is 0 Å². The van der Waals surface area contributed by atoms with Crippen molar-refractivity contribution in [1.29, 1.82) is 0 Å². The van der Waals surface area contributed by atoms with Gasteiger partial charge in [-0.25, -0.2) is 0 Å². The van der Waals surface area contributed by atoms with Gasteiger partial charge in [0.15, 0.2) is 5.79 Å². The molecule has 1 aliphatic carbocycles. The molecule has 0 aromatic rings. The van der Waals surface area contributed by atoms with E-state index in [2.05, 4.69) is 18.8 Å². The number of hydrogen-bond acceptors (Lipinski definition) is 2. The summed E-state index contributed by atoms with van der Waals surface area (Å²) in [6.45, 7) is 3.37. The Morgan fingerprint density at radius 2 is 1.90 bits per heavy atom. The normalized spacial score (nSPS) is 43.2. The standard InChI is InChI=1S/C16H22F2O2/c1-14-8-9-15(19-11-14,20-12-14)10-13-6-4-2-3-5-7-16(13,17)18/h13H,2-4,6,8-12H2,1H3. The second-order valence-corrected chi connectivity index (χ2v) is 6.87. The minimum Gasteiger partial charge on any atom is -0.349 e. The fraction of sp³-hybridized carbons (Fsp3) is 0.875. The lowest BCUT2D eigenvalue weighted by atomic mass is 9.76. The van der Waals surface area contributed by atoms with E-state index in [1.54, 1.807) is 0 Å². The van der Waals surface area contributed by atoms with Crippen LogP contribution in [-0.4, -0.2) is 24.9 Å². The highest BCUT2D eigenvalue weighted by molar-refractivity contribution is 5.13. The molecule has 4 rings (SSSR count). The maximum Gasteiger partial charge on any atom is 0.311 e. The van der Waals surface area contributed by atoms with Crippen molar-refractivity contribution in [2.24, 2.45) is 11.3 Å². The van der Waals surface area contributed by atoms with Crippen LogP contribution in [-0.2, 0) is 9.47 Å². The molecule has 112 valence electrons. The molecular weight excluding hydrogens is 262 g/mol. The molecule has 4 aliphatic rings. The number of ether oxygens (including phenoxy) is 2. The van der Waals surface area contributed by atoms with Crippen molar-refractivity contribution in [3.05, 3.63) is 0 Å². The Hall–Kier alpha value is -0.660. The van der Waals surface area contributed by atoms with Crippen molar-refractivity contribution < 1.29 is 18.3 Å². The van der Waals surface area contributed by atoms with Crippen molar-refractivity contribution in [3.8, 4) is 11.8 Å². The molecule has 0 N–H and O–H groups in total. The minimum absolute atomic E-state index is 0.0744. The first-order valence-electron chi connectivity index (χ1n) is 7.59. The average Bonchev–Trinajstić information content (AvgIpc) is 2.41. The van der Waals surface area contributed by atoms with Crippen LogP contribution in [0.25, 0.3) is 0 Å². The van der Waals surface area contributed by atoms with E-state index in [-0.39, 0.29) is 11.8 Å². The van der Waals surface area contributed by atoms with E-state index in [9.17, 15) is 8.78 Å². The molecule has 0 aromatic heterocycles. The zero-order valence-electron chi connectivity index (χ0n) is 12.0. The zero-order valence-corrected chi connectivity index (χ0v) is 12.0. The van der Waals surface area contributed by atoms with Crippen LogP contribution in [0.2, 0.25) is 0 Å². The van der Waals surface area contributed by atoms with Crippen LogP contribution < -0.4 is 0 Å². The second-order valence-electron chi connectivity index (χ2n) is 6.87. The van der Waals surface area contributed by atoms with Crippen molar-refractivity contribution >= 4 is 0 Å². The number of fused-ring (bicyclic) bond motifs is 3. The second kappa shape index (κ2) is 4.96. The lowest BCUT2D eigenvalue weighted by Gasteiger charge is -2.52. The van der Waals surface area contributed by atoms with Crippen LogP contribution in [0.1, 0.15) is 51.9 Å². The van der Waals surface area contributed by atoms with E-state index in [0.717, 1.165) is 25.7 Å². The predicted octanol–water partition coefficient (Wildman–Crippen LogP) is 3.75. The van der Waals surface area contributed by atoms with Gasteiger partial charge in [-0.15, -0.1) is 0 Å². The molecule has 3 heterocycles. The minimum atomic E-state index is -2.92. The summed E-state index contributed by atoms with van der Waals surface area (Å²) in [6, 6.07) is 0. The Balaban J connectivity index is 1.73. The van der Waals surface area contributed by atoms with Crippen LogP contribution >= 0.6 is 0 Å². The van der Waals surface area contributed by atoms with E-state index in [0.29, 0.717) is 26.1 Å². The van der Waals surface area contributed by atoms with Gasteiger partial charge in [0.1, 0.15) is 0 Å². The Labute approximate surface area is 119 Å². The molecular formula is C16H22F2O2. The average molecular weight is 284 g/mol. The zero-order chi connectivity index (χ0) is 14.3. The number of hydrogen-bond donors (Lipinski definition) is 0. The number of rotatable bonds is 2. The maximum atomic E-state index is 14.2. The topological polar surface area (TPSA) is 18.5 Å². The lowest BCUT2D eigenvalue weighted by molar-refractivity contribution is -0.346. The van der Waals surface area contributed by atoms with Gasteiger partial charge in [-0.3, -0.25) is 0 Å². The highest BCUT2D eigenvalue weighted by Crippen LogP contribution is 2.48. The fourth-order valence-corrected chi connectivity index (χ4v) is 3.37. The molecule has 1 atom stereocenters. The number of halogens is 2. The van der Waals surface area contributed by atoms with Gasteiger partial charge < -0.3 is 9.47 Å². The molecule has 3 fully saturated rings. The molecule has 0 amide bonds. The maximum absolute atomic E-state index is 14.2. The summed E-state index contributed by atoms with van der Waals surface area (Å²) in [5.74, 6) is 0.324. The third kappa shape index (κ3) is 2.71. The van der Waals surface area contributed by atoms with Gasteiger partial charge in [-0.1, -0.05) is 19.3 Å². The lowest BCUT2D eigenvalue weighted by Crippen LogP contribution is -2.56. The molecule has 20 heavy (non-hydrogen) atoms. The van der Waals surface area contributed by atoms with E-state index in [1.807, 2.05) is 0 Å². The molecule has 0 radical (unpaired) electrons. The highest BCUT2D eigenvalue weighted by atomic mass is 19.3. The van der Waals surface area contributed by atoms with Gasteiger partial charge in [0.2, 0.25) is 0 Å². The first-order chi connectivity index (χ1) is 9.43. The van der Waals surface area contributed by atoms with Crippen LogP contribution in [0.15, 0.2) is 0 Å². The highest BCUT2D eigenvalue weighted by Gasteiger charge is 2.52. The van der Waals surface area contributed by atoms with E-state index < -0.39 is 17.6 Å². The Bertz CT molecular complexity index is 411. The molecule has 3 aliphatic heterocycles. The van der Waals surface area contributed by atoms with E-state index in [4.69, 9.17) is 9.47 Å². The van der Waals surface area contributed by atoms with Gasteiger partial charge in [-0.05, 0) is 25.2 Å². The third-order valence-corrected chi connectivity index (χ3v) is 4.91. The fourth-order valence-electron chi connectivity index (χ4n) is 3.37. The van der Waals surface area contributed by atoms with Gasteiger partial charge >= 0.3 is 5.92 Å². The van der Waals surface area contributed by atoms with Crippen LogP contribution in [0.4, 0.5) is 8.78 Å². The van der Waals surface area contributed by atoms with E-state index >= 15 is 0 Å². The summed E-state index contributed by atoms with van der Waals surface area (Å²) in [7, 11) is 0. The third-order valence-electron chi connectivity index (χ3n) is 4.91. The summed E-state index contributed by atoms with van der Waals surface area (Å²) < 4.78 is 40.0. The molecule has 0 saturated carbocycles. The molecule has 2 bridgehead atoms. The molecule has 1 unspecified atom stereocenters. The largest absolute Gasteiger partial charge is 0.349 e. The van der Waals surface area contributed by atoms with Crippen LogP contribution in [0, 0.1) is 23.2 Å². The summed E-state index contributed by atoms with van der Waals surface area (Å²) >= 11 is 0. The Kier molecular flexibility index (Phi) is 3.54. The molecule has 2 nitrogen and oxygen atoms in total. The van der Waals surface area contributed by atoms with Gasteiger partial charge in [0.05, 0.1) is 13.2 Å². The molecule has 3 saturated heterocycles. The van der Waals surface area contributed by atoms with Gasteiger partial charge in [0.25, 0.3) is 0 Å². The monoisotopic (exact) mass is 284 g/mol. The predicted molar refractivity (Wildman–Crippen MR) is 71.3 cm³/mol. The molecule has 0 spiro atoms. The molecule has 0 aromatic carbocycles. The summed E-state index contributed by atoms with van der Waals surface area (Å²) in [4.78, 5) is 0. The summed E-state index contributed by atoms with van der Waals surface area (Å²) in [6.07, 6.45) is 4.80.